The van der Waals surface area contributed by atoms with E-state index < -0.39 is 12.2 Å². The maximum absolute atomic E-state index is 11.9. The van der Waals surface area contributed by atoms with Crippen LogP contribution in [0.2, 0.25) is 0 Å². The number of hydrogen-bond donors (Lipinski definition) is 2. The van der Waals surface area contributed by atoms with E-state index in [-0.39, 0.29) is 0 Å². The SMILES string of the molecule is Cc1cccc(OC(=O)NCCCCCCNC(=O)Oc2cccc(C)c2C)c1C. The molecule has 2 N–H and O–H groups in total. The third-order valence-electron chi connectivity index (χ3n) is 5.16. The first-order chi connectivity index (χ1) is 14.4. The summed E-state index contributed by atoms with van der Waals surface area (Å²) in [5.41, 5.74) is 4.12. The number of hydrogen-bond acceptors (Lipinski definition) is 4. The van der Waals surface area contributed by atoms with Crippen molar-refractivity contribution in [2.45, 2.75) is 53.4 Å². The molecule has 0 fully saturated rings. The van der Waals surface area contributed by atoms with E-state index in [1.807, 2.05) is 52.0 Å². The van der Waals surface area contributed by atoms with Gasteiger partial charge in [0.2, 0.25) is 0 Å². The molecule has 0 radical (unpaired) electrons. The van der Waals surface area contributed by atoms with E-state index in [1.54, 1.807) is 12.1 Å². The van der Waals surface area contributed by atoms with E-state index in [0.29, 0.717) is 24.6 Å². The van der Waals surface area contributed by atoms with E-state index >= 15 is 0 Å². The minimum absolute atomic E-state index is 0.431. The Kier molecular flexibility index (Phi) is 9.19. The number of carbonyl (C=O) groups excluding carboxylic acids is 2. The van der Waals surface area contributed by atoms with Crippen LogP contribution in [0.1, 0.15) is 47.9 Å². The van der Waals surface area contributed by atoms with Crippen LogP contribution < -0.4 is 20.1 Å². The second-order valence-electron chi connectivity index (χ2n) is 7.44. The quantitative estimate of drug-likeness (QED) is 0.544. The highest BCUT2D eigenvalue weighted by Gasteiger charge is 2.08. The van der Waals surface area contributed by atoms with Crippen LogP contribution in [0.4, 0.5) is 9.59 Å². The third kappa shape index (κ3) is 7.43. The van der Waals surface area contributed by atoms with E-state index in [0.717, 1.165) is 47.9 Å². The van der Waals surface area contributed by atoms with E-state index in [4.69, 9.17) is 9.47 Å². The fourth-order valence-electron chi connectivity index (χ4n) is 2.93. The number of rotatable bonds is 9. The maximum Gasteiger partial charge on any atom is 0.412 e. The van der Waals surface area contributed by atoms with Gasteiger partial charge in [-0.25, -0.2) is 9.59 Å². The number of nitrogens with one attached hydrogen (secondary N) is 2. The summed E-state index contributed by atoms with van der Waals surface area (Å²) in [6.07, 6.45) is 2.76. The monoisotopic (exact) mass is 412 g/mol. The van der Waals surface area contributed by atoms with Crippen LogP contribution in [0.25, 0.3) is 0 Å². The molecular formula is C24H32N2O4. The number of benzene rings is 2. The van der Waals surface area contributed by atoms with Gasteiger partial charge in [0.15, 0.2) is 0 Å². The highest BCUT2D eigenvalue weighted by atomic mass is 16.6. The minimum atomic E-state index is -0.431. The number of amides is 2. The summed E-state index contributed by atoms with van der Waals surface area (Å²) >= 11 is 0. The lowest BCUT2D eigenvalue weighted by molar-refractivity contribution is 0.198. The van der Waals surface area contributed by atoms with Gasteiger partial charge in [0.25, 0.3) is 0 Å². The number of unbranched alkanes of at least 4 members (excludes halogenated alkanes) is 3. The summed E-state index contributed by atoms with van der Waals surface area (Å²) in [7, 11) is 0. The third-order valence-corrected chi connectivity index (χ3v) is 5.16. The molecule has 6 heteroatoms. The highest BCUT2D eigenvalue weighted by molar-refractivity contribution is 5.71. The van der Waals surface area contributed by atoms with Crippen molar-refractivity contribution in [2.75, 3.05) is 13.1 Å². The van der Waals surface area contributed by atoms with Gasteiger partial charge in [0.1, 0.15) is 11.5 Å². The van der Waals surface area contributed by atoms with Gasteiger partial charge in [0, 0.05) is 13.1 Å². The van der Waals surface area contributed by atoms with Crippen molar-refractivity contribution < 1.29 is 19.1 Å². The molecule has 0 aliphatic rings. The largest absolute Gasteiger partial charge is 0.412 e. The number of aryl methyl sites for hydroxylation is 2. The molecule has 162 valence electrons. The maximum atomic E-state index is 11.9. The first kappa shape index (κ1) is 23.3. The van der Waals surface area contributed by atoms with Crippen molar-refractivity contribution in [3.8, 4) is 11.5 Å². The molecule has 0 bridgehead atoms. The molecule has 2 amide bonds. The van der Waals surface area contributed by atoms with Gasteiger partial charge >= 0.3 is 12.2 Å². The Morgan fingerprint density at radius 1 is 0.667 bits per heavy atom. The van der Waals surface area contributed by atoms with Crippen LogP contribution in [0.5, 0.6) is 11.5 Å². The predicted octanol–water partition coefficient (Wildman–Crippen LogP) is 5.36. The summed E-state index contributed by atoms with van der Waals surface area (Å²) < 4.78 is 10.7. The van der Waals surface area contributed by atoms with Gasteiger partial charge in [-0.15, -0.1) is 0 Å². The Labute approximate surface area is 179 Å². The lowest BCUT2D eigenvalue weighted by atomic mass is 10.1. The zero-order valence-electron chi connectivity index (χ0n) is 18.3. The van der Waals surface area contributed by atoms with Gasteiger partial charge in [-0.1, -0.05) is 37.1 Å². The second-order valence-corrected chi connectivity index (χ2v) is 7.44. The Morgan fingerprint density at radius 3 is 1.47 bits per heavy atom. The topological polar surface area (TPSA) is 76.7 Å². The Bertz CT molecular complexity index is 793. The van der Waals surface area contributed by atoms with Gasteiger partial charge < -0.3 is 20.1 Å². The van der Waals surface area contributed by atoms with Gasteiger partial charge in [-0.3, -0.25) is 0 Å². The summed E-state index contributed by atoms with van der Waals surface area (Å²) in [4.78, 5) is 23.8. The molecule has 0 saturated heterocycles. The van der Waals surface area contributed by atoms with E-state index in [1.165, 1.54) is 0 Å². The van der Waals surface area contributed by atoms with Gasteiger partial charge in [0.05, 0.1) is 0 Å². The molecule has 2 aromatic rings. The molecule has 0 spiro atoms. The molecule has 0 aliphatic heterocycles. The Morgan fingerprint density at radius 2 is 1.07 bits per heavy atom. The summed E-state index contributed by atoms with van der Waals surface area (Å²) in [6.45, 7) is 8.96. The van der Waals surface area contributed by atoms with Crippen molar-refractivity contribution in [1.82, 2.24) is 10.6 Å². The Hall–Kier alpha value is -3.02. The van der Waals surface area contributed by atoms with E-state index in [9.17, 15) is 9.59 Å². The average Bonchev–Trinajstić information content (AvgIpc) is 2.71. The lowest BCUT2D eigenvalue weighted by Gasteiger charge is -2.11. The predicted molar refractivity (Wildman–Crippen MR) is 118 cm³/mol. The molecule has 30 heavy (non-hydrogen) atoms. The lowest BCUT2D eigenvalue weighted by Crippen LogP contribution is -2.28. The van der Waals surface area contributed by atoms with Crippen molar-refractivity contribution >= 4 is 12.2 Å². The highest BCUT2D eigenvalue weighted by Crippen LogP contribution is 2.21. The standard InChI is InChI=1S/C24H32N2O4/c1-17-11-9-13-21(19(17)3)29-23(27)25-15-7-5-6-8-16-26-24(28)30-22-14-10-12-18(2)20(22)4/h9-14H,5-8,15-16H2,1-4H3,(H,25,27)(H,26,28). The minimum Gasteiger partial charge on any atom is -0.410 e. The Balaban J connectivity index is 1.52. The molecule has 0 saturated carbocycles. The van der Waals surface area contributed by atoms with Crippen LogP contribution in [0.3, 0.4) is 0 Å². The first-order valence-electron chi connectivity index (χ1n) is 10.4. The number of carbonyl (C=O) groups is 2. The van der Waals surface area contributed by atoms with Crippen molar-refractivity contribution in [1.29, 1.82) is 0 Å². The van der Waals surface area contributed by atoms with Crippen molar-refractivity contribution in [3.05, 3.63) is 58.7 Å². The van der Waals surface area contributed by atoms with Gasteiger partial charge in [-0.2, -0.15) is 0 Å². The van der Waals surface area contributed by atoms with Crippen LogP contribution in [-0.2, 0) is 0 Å². The van der Waals surface area contributed by atoms with Crippen LogP contribution in [0.15, 0.2) is 36.4 Å². The van der Waals surface area contributed by atoms with Crippen molar-refractivity contribution in [3.63, 3.8) is 0 Å². The van der Waals surface area contributed by atoms with Crippen LogP contribution >= 0.6 is 0 Å². The fraction of sp³-hybridized carbons (Fsp3) is 0.417. The van der Waals surface area contributed by atoms with Gasteiger partial charge in [-0.05, 0) is 74.9 Å². The zero-order chi connectivity index (χ0) is 21.9. The zero-order valence-corrected chi connectivity index (χ0v) is 18.3. The molecule has 2 aromatic carbocycles. The van der Waals surface area contributed by atoms with E-state index in [2.05, 4.69) is 10.6 Å². The average molecular weight is 413 g/mol. The molecule has 0 atom stereocenters. The van der Waals surface area contributed by atoms with Crippen LogP contribution in [0, 0.1) is 27.7 Å². The molecule has 6 nitrogen and oxygen atoms in total. The van der Waals surface area contributed by atoms with Crippen LogP contribution in [-0.4, -0.2) is 25.3 Å². The fourth-order valence-corrected chi connectivity index (χ4v) is 2.93. The molecule has 0 unspecified atom stereocenters. The number of ether oxygens (including phenoxy) is 2. The second kappa shape index (κ2) is 11.9. The normalized spacial score (nSPS) is 10.4. The van der Waals surface area contributed by atoms with Crippen molar-refractivity contribution in [2.24, 2.45) is 0 Å². The first-order valence-corrected chi connectivity index (χ1v) is 10.4. The summed E-state index contributed by atoms with van der Waals surface area (Å²) in [6, 6.07) is 11.3. The molecule has 0 aromatic heterocycles. The molecule has 2 rings (SSSR count). The smallest absolute Gasteiger partial charge is 0.410 e. The summed E-state index contributed by atoms with van der Waals surface area (Å²) in [5, 5.41) is 5.55. The molecule has 0 aliphatic carbocycles. The molecule has 0 heterocycles. The summed E-state index contributed by atoms with van der Waals surface area (Å²) in [5.74, 6) is 1.18. The molecular weight excluding hydrogens is 380 g/mol.